The van der Waals surface area contributed by atoms with Crippen LogP contribution in [-0.4, -0.2) is 28.5 Å². The largest absolute Gasteiger partial charge is 0.494 e. The van der Waals surface area contributed by atoms with Crippen LogP contribution in [0.3, 0.4) is 0 Å². The quantitative estimate of drug-likeness (QED) is 0.351. The van der Waals surface area contributed by atoms with Gasteiger partial charge >= 0.3 is 0 Å². The molecule has 0 fully saturated rings. The zero-order chi connectivity index (χ0) is 22.1. The molecular weight excluding hydrogens is 408 g/mol. The van der Waals surface area contributed by atoms with Crippen LogP contribution in [0.15, 0.2) is 48.5 Å². The van der Waals surface area contributed by atoms with Crippen molar-refractivity contribution in [2.75, 3.05) is 6.61 Å². The van der Waals surface area contributed by atoms with Crippen LogP contribution in [0, 0.1) is 16.0 Å². The second-order valence-corrected chi connectivity index (χ2v) is 7.13. The third-order valence-corrected chi connectivity index (χ3v) is 4.14. The standard InChI is InChI=1S/C20H22N4O5S/c1-13(2)11-12-29-17-9-5-15(6-10-17)19(26)22-23-20(30)21-18(25)14-3-7-16(8-4-14)24(27)28/h3-10,13H,11-12H2,1-2H3,(H,22,26)(H2,21,23,25,30). The molecule has 9 nitrogen and oxygen atoms in total. The molecule has 2 amide bonds. The fourth-order valence-corrected chi connectivity index (χ4v) is 2.39. The molecule has 30 heavy (non-hydrogen) atoms. The SMILES string of the molecule is CC(C)CCOc1ccc(C(=O)NNC(=S)NC(=O)c2ccc([N+](=O)[O-])cc2)cc1. The topological polar surface area (TPSA) is 123 Å². The molecule has 0 aliphatic carbocycles. The number of carbonyl (C=O) groups is 2. The van der Waals surface area contributed by atoms with Crippen LogP contribution in [0.5, 0.6) is 5.75 Å². The molecule has 0 radical (unpaired) electrons. The Morgan fingerprint density at radius 2 is 1.57 bits per heavy atom. The van der Waals surface area contributed by atoms with Gasteiger partial charge in [0.25, 0.3) is 17.5 Å². The van der Waals surface area contributed by atoms with Crippen LogP contribution < -0.4 is 20.9 Å². The zero-order valence-corrected chi connectivity index (χ0v) is 17.3. The number of rotatable bonds is 7. The maximum absolute atomic E-state index is 12.2. The third kappa shape index (κ3) is 7.13. The first-order chi connectivity index (χ1) is 14.3. The summed E-state index contributed by atoms with van der Waals surface area (Å²) in [6, 6.07) is 11.7. The smallest absolute Gasteiger partial charge is 0.269 e. The van der Waals surface area contributed by atoms with Gasteiger partial charge in [-0.1, -0.05) is 13.8 Å². The van der Waals surface area contributed by atoms with E-state index in [1.807, 2.05) is 0 Å². The summed E-state index contributed by atoms with van der Waals surface area (Å²) in [7, 11) is 0. The number of ether oxygens (including phenoxy) is 1. The van der Waals surface area contributed by atoms with Crippen LogP contribution in [0.1, 0.15) is 41.0 Å². The Kier molecular flexibility index (Phi) is 8.24. The summed E-state index contributed by atoms with van der Waals surface area (Å²) < 4.78 is 5.60. The monoisotopic (exact) mass is 430 g/mol. The van der Waals surface area contributed by atoms with E-state index in [-0.39, 0.29) is 16.4 Å². The number of thiocarbonyl (C=S) groups is 1. The van der Waals surface area contributed by atoms with Crippen molar-refractivity contribution in [2.24, 2.45) is 5.92 Å². The van der Waals surface area contributed by atoms with Crippen molar-refractivity contribution in [1.82, 2.24) is 16.2 Å². The van der Waals surface area contributed by atoms with Gasteiger partial charge in [0.05, 0.1) is 11.5 Å². The lowest BCUT2D eigenvalue weighted by Crippen LogP contribution is -2.48. The van der Waals surface area contributed by atoms with E-state index in [9.17, 15) is 19.7 Å². The number of carbonyl (C=O) groups excluding carboxylic acids is 2. The van der Waals surface area contributed by atoms with Gasteiger partial charge in [0.2, 0.25) is 0 Å². The Hall–Kier alpha value is -3.53. The molecule has 10 heteroatoms. The van der Waals surface area contributed by atoms with E-state index in [1.54, 1.807) is 24.3 Å². The predicted molar refractivity (Wildman–Crippen MR) is 115 cm³/mol. The summed E-state index contributed by atoms with van der Waals surface area (Å²) >= 11 is 4.97. The Labute approximate surface area is 178 Å². The number of nitrogens with one attached hydrogen (secondary N) is 3. The minimum absolute atomic E-state index is 0.125. The molecule has 0 heterocycles. The summed E-state index contributed by atoms with van der Waals surface area (Å²) in [6.07, 6.45) is 0.940. The molecule has 0 bridgehead atoms. The molecule has 0 saturated carbocycles. The molecule has 0 saturated heterocycles. The first-order valence-electron chi connectivity index (χ1n) is 9.15. The van der Waals surface area contributed by atoms with Crippen LogP contribution in [-0.2, 0) is 0 Å². The van der Waals surface area contributed by atoms with Crippen LogP contribution in [0.2, 0.25) is 0 Å². The van der Waals surface area contributed by atoms with Gasteiger partial charge in [-0.05, 0) is 61.0 Å². The molecule has 2 aromatic rings. The van der Waals surface area contributed by atoms with Crippen molar-refractivity contribution >= 4 is 34.8 Å². The molecule has 0 atom stereocenters. The highest BCUT2D eigenvalue weighted by Gasteiger charge is 2.12. The molecule has 0 spiro atoms. The lowest BCUT2D eigenvalue weighted by Gasteiger charge is -2.11. The number of amides is 2. The van der Waals surface area contributed by atoms with Crippen molar-refractivity contribution in [3.63, 3.8) is 0 Å². The highest BCUT2D eigenvalue weighted by molar-refractivity contribution is 7.80. The first kappa shape index (κ1) is 22.8. The number of hydrazine groups is 1. The lowest BCUT2D eigenvalue weighted by atomic mass is 10.1. The summed E-state index contributed by atoms with van der Waals surface area (Å²) in [5.74, 6) is 0.201. The average molecular weight is 430 g/mol. The van der Waals surface area contributed by atoms with Gasteiger partial charge in [0, 0.05) is 23.3 Å². The third-order valence-electron chi connectivity index (χ3n) is 3.94. The Morgan fingerprint density at radius 3 is 2.13 bits per heavy atom. The maximum atomic E-state index is 12.2. The molecule has 2 rings (SSSR count). The van der Waals surface area contributed by atoms with E-state index >= 15 is 0 Å². The molecule has 0 aliphatic rings. The van der Waals surface area contributed by atoms with Gasteiger partial charge in [-0.2, -0.15) is 0 Å². The first-order valence-corrected chi connectivity index (χ1v) is 9.56. The fraction of sp³-hybridized carbons (Fsp3) is 0.250. The van der Waals surface area contributed by atoms with E-state index in [0.717, 1.165) is 6.42 Å². The number of benzene rings is 2. The van der Waals surface area contributed by atoms with E-state index in [0.29, 0.717) is 23.8 Å². The maximum Gasteiger partial charge on any atom is 0.269 e. The second-order valence-electron chi connectivity index (χ2n) is 6.72. The highest BCUT2D eigenvalue weighted by Crippen LogP contribution is 2.13. The van der Waals surface area contributed by atoms with E-state index in [4.69, 9.17) is 17.0 Å². The van der Waals surface area contributed by atoms with Gasteiger partial charge in [0.1, 0.15) is 5.75 Å². The predicted octanol–water partition coefficient (Wildman–Crippen LogP) is 2.97. The van der Waals surface area contributed by atoms with Crippen LogP contribution in [0.25, 0.3) is 0 Å². The summed E-state index contributed by atoms with van der Waals surface area (Å²) in [4.78, 5) is 34.3. The van der Waals surface area contributed by atoms with E-state index in [1.165, 1.54) is 24.3 Å². The molecule has 2 aromatic carbocycles. The Balaban J connectivity index is 1.80. The van der Waals surface area contributed by atoms with Crippen molar-refractivity contribution in [3.8, 4) is 5.75 Å². The summed E-state index contributed by atoms with van der Waals surface area (Å²) in [5, 5.41) is 12.9. The Morgan fingerprint density at radius 1 is 1.00 bits per heavy atom. The van der Waals surface area contributed by atoms with Crippen molar-refractivity contribution < 1.29 is 19.2 Å². The van der Waals surface area contributed by atoms with Gasteiger partial charge in [-0.25, -0.2) is 0 Å². The van der Waals surface area contributed by atoms with Gasteiger partial charge in [-0.15, -0.1) is 0 Å². The summed E-state index contributed by atoms with van der Waals surface area (Å²) in [6.45, 7) is 4.83. The number of nitro benzene ring substituents is 1. The molecule has 0 aromatic heterocycles. The zero-order valence-electron chi connectivity index (χ0n) is 16.5. The number of hydrogen-bond donors (Lipinski definition) is 3. The molecule has 3 N–H and O–H groups in total. The molecular formula is C20H22N4O5S. The van der Waals surface area contributed by atoms with Crippen LogP contribution >= 0.6 is 12.2 Å². The average Bonchev–Trinajstić information content (AvgIpc) is 2.72. The van der Waals surface area contributed by atoms with Crippen molar-refractivity contribution in [1.29, 1.82) is 0 Å². The highest BCUT2D eigenvalue weighted by atomic mass is 32.1. The van der Waals surface area contributed by atoms with Crippen LogP contribution in [0.4, 0.5) is 5.69 Å². The number of non-ortho nitro benzene ring substituents is 1. The number of hydrogen-bond acceptors (Lipinski definition) is 6. The normalized spacial score (nSPS) is 10.2. The van der Waals surface area contributed by atoms with Gasteiger partial charge in [-0.3, -0.25) is 35.9 Å². The second kappa shape index (κ2) is 10.9. The van der Waals surface area contributed by atoms with Crippen molar-refractivity contribution in [2.45, 2.75) is 20.3 Å². The summed E-state index contributed by atoms with van der Waals surface area (Å²) in [5.41, 5.74) is 5.25. The minimum atomic E-state index is -0.570. The van der Waals surface area contributed by atoms with E-state index in [2.05, 4.69) is 30.0 Å². The van der Waals surface area contributed by atoms with E-state index < -0.39 is 16.7 Å². The number of nitro groups is 1. The van der Waals surface area contributed by atoms with Crippen molar-refractivity contribution in [3.05, 3.63) is 69.8 Å². The number of nitrogens with zero attached hydrogens (tertiary/aromatic N) is 1. The molecule has 0 unspecified atom stereocenters. The molecule has 158 valence electrons. The van der Waals surface area contributed by atoms with Gasteiger partial charge in [0.15, 0.2) is 5.11 Å². The lowest BCUT2D eigenvalue weighted by molar-refractivity contribution is -0.384. The Bertz CT molecular complexity index is 914. The fourth-order valence-electron chi connectivity index (χ4n) is 2.24. The minimum Gasteiger partial charge on any atom is -0.494 e. The molecule has 0 aliphatic heterocycles. The van der Waals surface area contributed by atoms with Gasteiger partial charge < -0.3 is 4.74 Å².